The highest BCUT2D eigenvalue weighted by molar-refractivity contribution is 6.09. The first kappa shape index (κ1) is 8.30. The molecule has 3 rings (SSSR count). The van der Waals surface area contributed by atoms with E-state index in [1.807, 2.05) is 6.20 Å². The number of fused-ring (bicyclic) bond motifs is 3. The number of rotatable bonds is 1. The molecule has 0 saturated carbocycles. The molecular weight excluding hydrogens is 182 g/mol. The summed E-state index contributed by atoms with van der Waals surface area (Å²) in [4.78, 5) is 0. The van der Waals surface area contributed by atoms with Crippen LogP contribution in [0.3, 0.4) is 0 Å². The van der Waals surface area contributed by atoms with Gasteiger partial charge in [0, 0.05) is 17.0 Å². The summed E-state index contributed by atoms with van der Waals surface area (Å²) < 4.78 is 2.13. The summed E-state index contributed by atoms with van der Waals surface area (Å²) in [5, 5.41) is 2.57. The summed E-state index contributed by atoms with van der Waals surface area (Å²) >= 11 is 0. The molecule has 2 aromatic carbocycles. The third-order valence-electron chi connectivity index (χ3n) is 2.80. The number of nitrogens with zero attached hydrogens (tertiary/aromatic N) is 1. The molecule has 0 fully saturated rings. The molecule has 0 aliphatic carbocycles. The van der Waals surface area contributed by atoms with Gasteiger partial charge >= 0.3 is 0 Å². The van der Waals surface area contributed by atoms with E-state index in [0.29, 0.717) is 0 Å². The number of benzene rings is 2. The molecule has 1 aromatic heterocycles. The van der Waals surface area contributed by atoms with Crippen LogP contribution >= 0.6 is 0 Å². The maximum absolute atomic E-state index is 3.87. The molecular formula is C14H11N. The Morgan fingerprint density at radius 3 is 1.73 bits per heavy atom. The third kappa shape index (κ3) is 1.03. The van der Waals surface area contributed by atoms with Crippen molar-refractivity contribution in [1.82, 2.24) is 4.57 Å². The second kappa shape index (κ2) is 2.99. The summed E-state index contributed by atoms with van der Waals surface area (Å²) in [5.74, 6) is 0. The lowest BCUT2D eigenvalue weighted by Crippen LogP contribution is -1.82. The van der Waals surface area contributed by atoms with Crippen molar-refractivity contribution in [3.05, 3.63) is 55.1 Å². The van der Waals surface area contributed by atoms with Gasteiger partial charge in [-0.3, -0.25) is 0 Å². The van der Waals surface area contributed by atoms with E-state index in [9.17, 15) is 0 Å². The van der Waals surface area contributed by atoms with Crippen LogP contribution in [0, 0.1) is 0 Å². The van der Waals surface area contributed by atoms with Gasteiger partial charge in [-0.25, -0.2) is 0 Å². The molecule has 1 heterocycles. The SMILES string of the molecule is C=Cn1c2ccccc2c2ccccc21. The van der Waals surface area contributed by atoms with Gasteiger partial charge in [0.15, 0.2) is 0 Å². The van der Waals surface area contributed by atoms with Gasteiger partial charge in [0.1, 0.15) is 0 Å². The molecule has 1 heteroatoms. The summed E-state index contributed by atoms with van der Waals surface area (Å²) in [6.07, 6.45) is 1.87. The van der Waals surface area contributed by atoms with Crippen molar-refractivity contribution in [3.63, 3.8) is 0 Å². The number of hydrogen-bond acceptors (Lipinski definition) is 0. The minimum absolute atomic E-state index is 1.22. The summed E-state index contributed by atoms with van der Waals surface area (Å²) in [6, 6.07) is 16.8. The van der Waals surface area contributed by atoms with Crippen molar-refractivity contribution in [3.8, 4) is 0 Å². The fourth-order valence-corrected chi connectivity index (χ4v) is 2.15. The lowest BCUT2D eigenvalue weighted by molar-refractivity contribution is 1.30. The molecule has 1 nitrogen and oxygen atoms in total. The highest BCUT2D eigenvalue weighted by Crippen LogP contribution is 2.28. The van der Waals surface area contributed by atoms with Crippen LogP contribution in [-0.2, 0) is 0 Å². The first-order chi connectivity index (χ1) is 7.42. The number of para-hydroxylation sites is 2. The van der Waals surface area contributed by atoms with Gasteiger partial charge in [-0.15, -0.1) is 0 Å². The smallest absolute Gasteiger partial charge is 0.0534 e. The van der Waals surface area contributed by atoms with E-state index in [-0.39, 0.29) is 0 Å². The zero-order valence-electron chi connectivity index (χ0n) is 8.35. The first-order valence-electron chi connectivity index (χ1n) is 5.02. The van der Waals surface area contributed by atoms with Crippen LogP contribution in [0.25, 0.3) is 28.0 Å². The van der Waals surface area contributed by atoms with Crippen molar-refractivity contribution in [1.29, 1.82) is 0 Å². The molecule has 0 spiro atoms. The van der Waals surface area contributed by atoms with E-state index >= 15 is 0 Å². The van der Waals surface area contributed by atoms with Crippen molar-refractivity contribution < 1.29 is 0 Å². The van der Waals surface area contributed by atoms with Gasteiger partial charge in [0.05, 0.1) is 11.0 Å². The first-order valence-corrected chi connectivity index (χ1v) is 5.02. The largest absolute Gasteiger partial charge is 0.317 e. The minimum Gasteiger partial charge on any atom is -0.317 e. The molecule has 0 unspecified atom stereocenters. The predicted octanol–water partition coefficient (Wildman–Crippen LogP) is 3.90. The summed E-state index contributed by atoms with van der Waals surface area (Å²) in [7, 11) is 0. The average Bonchev–Trinajstić information content (AvgIpc) is 2.63. The lowest BCUT2D eigenvalue weighted by atomic mass is 10.2. The van der Waals surface area contributed by atoms with Crippen LogP contribution in [0.5, 0.6) is 0 Å². The van der Waals surface area contributed by atoms with Gasteiger partial charge in [-0.05, 0) is 12.1 Å². The third-order valence-corrected chi connectivity index (χ3v) is 2.80. The fourth-order valence-electron chi connectivity index (χ4n) is 2.15. The zero-order chi connectivity index (χ0) is 10.3. The van der Waals surface area contributed by atoms with Crippen LogP contribution in [0.1, 0.15) is 0 Å². The second-order valence-corrected chi connectivity index (χ2v) is 3.59. The van der Waals surface area contributed by atoms with Crippen LogP contribution in [0.2, 0.25) is 0 Å². The Labute approximate surface area is 88.3 Å². The Kier molecular flexibility index (Phi) is 1.65. The van der Waals surface area contributed by atoms with Crippen molar-refractivity contribution >= 4 is 28.0 Å². The van der Waals surface area contributed by atoms with Gasteiger partial charge in [0.2, 0.25) is 0 Å². The van der Waals surface area contributed by atoms with Crippen LogP contribution in [0.4, 0.5) is 0 Å². The number of hydrogen-bond donors (Lipinski definition) is 0. The normalized spacial score (nSPS) is 10.9. The Bertz CT molecular complexity index is 593. The summed E-state index contributed by atoms with van der Waals surface area (Å²) in [6.45, 7) is 3.87. The standard InChI is InChI=1S/C14H11N/c1-2-15-13-9-5-3-7-11(13)12-8-4-6-10-14(12)15/h2-10H,1H2. The average molecular weight is 193 g/mol. The molecule has 0 radical (unpaired) electrons. The quantitative estimate of drug-likeness (QED) is 0.552. The van der Waals surface area contributed by atoms with E-state index in [1.165, 1.54) is 21.8 Å². The highest BCUT2D eigenvalue weighted by Gasteiger charge is 2.06. The zero-order valence-corrected chi connectivity index (χ0v) is 8.35. The molecule has 0 aliphatic rings. The van der Waals surface area contributed by atoms with Gasteiger partial charge in [-0.2, -0.15) is 0 Å². The Morgan fingerprint density at radius 2 is 1.27 bits per heavy atom. The van der Waals surface area contributed by atoms with Crippen molar-refractivity contribution in [2.45, 2.75) is 0 Å². The van der Waals surface area contributed by atoms with E-state index < -0.39 is 0 Å². The lowest BCUT2D eigenvalue weighted by Gasteiger charge is -1.97. The molecule has 0 saturated heterocycles. The van der Waals surface area contributed by atoms with Crippen molar-refractivity contribution in [2.24, 2.45) is 0 Å². The predicted molar refractivity (Wildman–Crippen MR) is 65.8 cm³/mol. The molecule has 0 atom stereocenters. The van der Waals surface area contributed by atoms with Gasteiger partial charge < -0.3 is 4.57 Å². The molecule has 15 heavy (non-hydrogen) atoms. The van der Waals surface area contributed by atoms with Gasteiger partial charge in [0.25, 0.3) is 0 Å². The molecule has 0 amide bonds. The molecule has 0 bridgehead atoms. The van der Waals surface area contributed by atoms with E-state index in [2.05, 4.69) is 59.7 Å². The Balaban J connectivity index is 2.68. The topological polar surface area (TPSA) is 4.93 Å². The molecule has 3 aromatic rings. The van der Waals surface area contributed by atoms with Crippen LogP contribution in [-0.4, -0.2) is 4.57 Å². The van der Waals surface area contributed by atoms with Gasteiger partial charge in [-0.1, -0.05) is 43.0 Å². The highest BCUT2D eigenvalue weighted by atomic mass is 14.9. The molecule has 72 valence electrons. The van der Waals surface area contributed by atoms with E-state index in [4.69, 9.17) is 0 Å². The fraction of sp³-hybridized carbons (Fsp3) is 0. The van der Waals surface area contributed by atoms with Crippen LogP contribution in [0.15, 0.2) is 55.1 Å². The molecule has 0 aliphatic heterocycles. The Morgan fingerprint density at radius 1 is 0.800 bits per heavy atom. The van der Waals surface area contributed by atoms with Crippen molar-refractivity contribution in [2.75, 3.05) is 0 Å². The van der Waals surface area contributed by atoms with Crippen LogP contribution < -0.4 is 0 Å². The maximum Gasteiger partial charge on any atom is 0.0534 e. The number of aromatic nitrogens is 1. The Hall–Kier alpha value is -2.02. The summed E-state index contributed by atoms with van der Waals surface area (Å²) in [5.41, 5.74) is 2.43. The van der Waals surface area contributed by atoms with E-state index in [0.717, 1.165) is 0 Å². The maximum atomic E-state index is 3.87. The van der Waals surface area contributed by atoms with E-state index in [1.54, 1.807) is 0 Å². The minimum atomic E-state index is 1.22. The molecule has 0 N–H and O–H groups in total. The second-order valence-electron chi connectivity index (χ2n) is 3.59. The monoisotopic (exact) mass is 193 g/mol.